The molecule has 0 aliphatic carbocycles. The van der Waals surface area contributed by atoms with Crippen LogP contribution < -0.4 is 4.72 Å². The second-order valence-corrected chi connectivity index (χ2v) is 5.68. The number of nitrogens with zero attached hydrogens (tertiary/aromatic N) is 1. The molecule has 0 heterocycles. The molecule has 9 heteroatoms. The van der Waals surface area contributed by atoms with Crippen molar-refractivity contribution in [2.45, 2.75) is 4.90 Å². The van der Waals surface area contributed by atoms with Crippen LogP contribution in [0.3, 0.4) is 0 Å². The van der Waals surface area contributed by atoms with Crippen LogP contribution in [0, 0.1) is 15.9 Å². The molecule has 110 valence electrons. The smallest absolute Gasteiger partial charge is 0.306 e. The monoisotopic (exact) mass is 312 g/mol. The van der Waals surface area contributed by atoms with E-state index in [4.69, 9.17) is 0 Å². The van der Waals surface area contributed by atoms with E-state index in [1.165, 1.54) is 24.3 Å². The van der Waals surface area contributed by atoms with Crippen molar-refractivity contribution in [3.05, 3.63) is 58.4 Å². The average Bonchev–Trinajstić information content (AvgIpc) is 2.41. The van der Waals surface area contributed by atoms with Crippen LogP contribution in [-0.4, -0.2) is 18.4 Å². The standard InChI is InChI=1S/C12H9FN2O5S/c13-9-6-5-8(7-11(9)15(17)18)21(19,20)14-10-3-1-2-4-12(10)16/h1-7,14,16H. The Balaban J connectivity index is 2.43. The number of anilines is 1. The SMILES string of the molecule is O=[N+]([O-])c1cc(S(=O)(=O)Nc2ccccc2O)ccc1F. The Bertz CT molecular complexity index is 807. The van der Waals surface area contributed by atoms with Crippen LogP contribution >= 0.6 is 0 Å². The summed E-state index contributed by atoms with van der Waals surface area (Å²) >= 11 is 0. The molecule has 0 bridgehead atoms. The van der Waals surface area contributed by atoms with Gasteiger partial charge in [0, 0.05) is 6.07 Å². The van der Waals surface area contributed by atoms with Crippen LogP contribution in [0.15, 0.2) is 47.4 Å². The number of nitro groups is 1. The molecule has 0 spiro atoms. The quantitative estimate of drug-likeness (QED) is 0.511. The van der Waals surface area contributed by atoms with Gasteiger partial charge in [0.15, 0.2) is 0 Å². The van der Waals surface area contributed by atoms with Gasteiger partial charge < -0.3 is 5.11 Å². The van der Waals surface area contributed by atoms with Crippen molar-refractivity contribution >= 4 is 21.4 Å². The highest BCUT2D eigenvalue weighted by atomic mass is 32.2. The molecule has 2 N–H and O–H groups in total. The molecule has 2 aromatic carbocycles. The lowest BCUT2D eigenvalue weighted by Crippen LogP contribution is -2.13. The Labute approximate surface area is 118 Å². The molecule has 0 saturated heterocycles. The van der Waals surface area contributed by atoms with E-state index in [9.17, 15) is 28.0 Å². The molecule has 0 aliphatic rings. The summed E-state index contributed by atoms with van der Waals surface area (Å²) in [7, 11) is -4.19. The van der Waals surface area contributed by atoms with Gasteiger partial charge in [-0.3, -0.25) is 14.8 Å². The molecule has 0 radical (unpaired) electrons. The third-order valence-corrected chi connectivity index (χ3v) is 3.94. The second-order valence-electron chi connectivity index (χ2n) is 3.99. The van der Waals surface area contributed by atoms with Gasteiger partial charge in [0.2, 0.25) is 5.82 Å². The van der Waals surface area contributed by atoms with Gasteiger partial charge >= 0.3 is 5.69 Å². The molecule has 0 aromatic heterocycles. The predicted molar refractivity (Wildman–Crippen MR) is 72.0 cm³/mol. The van der Waals surface area contributed by atoms with Crippen molar-refractivity contribution in [3.8, 4) is 5.75 Å². The van der Waals surface area contributed by atoms with E-state index < -0.39 is 31.3 Å². The van der Waals surface area contributed by atoms with Gasteiger partial charge in [0.05, 0.1) is 15.5 Å². The van der Waals surface area contributed by atoms with Crippen LogP contribution in [0.5, 0.6) is 5.75 Å². The average molecular weight is 312 g/mol. The highest BCUT2D eigenvalue weighted by Gasteiger charge is 2.22. The van der Waals surface area contributed by atoms with Crippen molar-refractivity contribution in [1.82, 2.24) is 0 Å². The lowest BCUT2D eigenvalue weighted by molar-refractivity contribution is -0.387. The number of phenolic OH excluding ortho intramolecular Hbond substituents is 1. The maximum absolute atomic E-state index is 13.2. The third kappa shape index (κ3) is 3.08. The van der Waals surface area contributed by atoms with Gasteiger partial charge in [0.25, 0.3) is 10.0 Å². The zero-order valence-electron chi connectivity index (χ0n) is 10.4. The molecular formula is C12H9FN2O5S. The summed E-state index contributed by atoms with van der Waals surface area (Å²) in [5.74, 6) is -1.45. The molecule has 0 saturated carbocycles. The van der Waals surface area contributed by atoms with Crippen molar-refractivity contribution < 1.29 is 22.8 Å². The molecule has 21 heavy (non-hydrogen) atoms. The van der Waals surface area contributed by atoms with Crippen molar-refractivity contribution in [2.75, 3.05) is 4.72 Å². The molecular weight excluding hydrogens is 303 g/mol. The van der Waals surface area contributed by atoms with Gasteiger partial charge in [-0.2, -0.15) is 4.39 Å². The Morgan fingerprint density at radius 1 is 1.19 bits per heavy atom. The first-order valence-corrected chi connectivity index (χ1v) is 7.04. The third-order valence-electron chi connectivity index (χ3n) is 2.57. The Hall–Kier alpha value is -2.68. The molecule has 2 rings (SSSR count). The van der Waals surface area contributed by atoms with Crippen LogP contribution in [0.25, 0.3) is 0 Å². The number of hydrogen-bond acceptors (Lipinski definition) is 5. The van der Waals surface area contributed by atoms with Crippen molar-refractivity contribution in [1.29, 1.82) is 0 Å². The van der Waals surface area contributed by atoms with Crippen LogP contribution in [0.2, 0.25) is 0 Å². The van der Waals surface area contributed by atoms with E-state index in [1.807, 2.05) is 0 Å². The number of sulfonamides is 1. The zero-order chi connectivity index (χ0) is 15.6. The van der Waals surface area contributed by atoms with E-state index >= 15 is 0 Å². The molecule has 0 unspecified atom stereocenters. The van der Waals surface area contributed by atoms with Crippen molar-refractivity contribution in [2.24, 2.45) is 0 Å². The number of nitrogens with one attached hydrogen (secondary N) is 1. The summed E-state index contributed by atoms with van der Waals surface area (Å²) < 4.78 is 39.4. The summed E-state index contributed by atoms with van der Waals surface area (Å²) in [6, 6.07) is 7.76. The number of para-hydroxylation sites is 2. The molecule has 2 aromatic rings. The summed E-state index contributed by atoms with van der Waals surface area (Å²) in [6.45, 7) is 0. The Morgan fingerprint density at radius 2 is 1.86 bits per heavy atom. The lowest BCUT2D eigenvalue weighted by atomic mass is 10.3. The van der Waals surface area contributed by atoms with E-state index in [-0.39, 0.29) is 11.4 Å². The molecule has 0 atom stereocenters. The van der Waals surface area contributed by atoms with E-state index in [0.29, 0.717) is 12.1 Å². The maximum atomic E-state index is 13.2. The highest BCUT2D eigenvalue weighted by molar-refractivity contribution is 7.92. The first-order chi connectivity index (χ1) is 9.81. The normalized spacial score (nSPS) is 11.1. The molecule has 0 amide bonds. The number of hydrogen-bond donors (Lipinski definition) is 2. The summed E-state index contributed by atoms with van der Waals surface area (Å²) in [4.78, 5) is 9.12. The number of halogens is 1. The summed E-state index contributed by atoms with van der Waals surface area (Å²) in [5.41, 5.74) is -1.04. The van der Waals surface area contributed by atoms with Gasteiger partial charge in [-0.25, -0.2) is 8.42 Å². The van der Waals surface area contributed by atoms with Gasteiger partial charge in [-0.1, -0.05) is 12.1 Å². The zero-order valence-corrected chi connectivity index (χ0v) is 11.2. The number of phenols is 1. The van der Waals surface area contributed by atoms with E-state index in [1.54, 1.807) is 0 Å². The van der Waals surface area contributed by atoms with Crippen LogP contribution in [-0.2, 0) is 10.0 Å². The molecule has 0 fully saturated rings. The van der Waals surface area contributed by atoms with E-state index in [0.717, 1.165) is 6.07 Å². The minimum absolute atomic E-state index is 0.0931. The maximum Gasteiger partial charge on any atom is 0.306 e. The topological polar surface area (TPSA) is 110 Å². The first kappa shape index (κ1) is 14.7. The van der Waals surface area contributed by atoms with E-state index in [2.05, 4.69) is 4.72 Å². The lowest BCUT2D eigenvalue weighted by Gasteiger charge is -2.09. The minimum atomic E-state index is -4.19. The Morgan fingerprint density at radius 3 is 2.48 bits per heavy atom. The molecule has 0 aliphatic heterocycles. The fourth-order valence-electron chi connectivity index (χ4n) is 1.56. The number of benzene rings is 2. The largest absolute Gasteiger partial charge is 0.506 e. The van der Waals surface area contributed by atoms with Crippen LogP contribution in [0.1, 0.15) is 0 Å². The highest BCUT2D eigenvalue weighted by Crippen LogP contribution is 2.27. The minimum Gasteiger partial charge on any atom is -0.506 e. The molecule has 7 nitrogen and oxygen atoms in total. The van der Waals surface area contributed by atoms with Gasteiger partial charge in [-0.15, -0.1) is 0 Å². The Kier molecular flexibility index (Phi) is 3.76. The number of aromatic hydroxyl groups is 1. The number of nitro benzene ring substituents is 1. The number of rotatable bonds is 4. The second kappa shape index (κ2) is 5.37. The van der Waals surface area contributed by atoms with Gasteiger partial charge in [0.1, 0.15) is 5.75 Å². The van der Waals surface area contributed by atoms with Crippen molar-refractivity contribution in [3.63, 3.8) is 0 Å². The predicted octanol–water partition coefficient (Wildman–Crippen LogP) is 2.24. The fourth-order valence-corrected chi connectivity index (χ4v) is 2.66. The summed E-state index contributed by atoms with van der Waals surface area (Å²) in [5, 5.41) is 20.1. The van der Waals surface area contributed by atoms with Crippen LogP contribution in [0.4, 0.5) is 15.8 Å². The van der Waals surface area contributed by atoms with Gasteiger partial charge in [-0.05, 0) is 24.3 Å². The first-order valence-electron chi connectivity index (χ1n) is 5.56. The summed E-state index contributed by atoms with van der Waals surface area (Å²) in [6.07, 6.45) is 0. The fraction of sp³-hybridized carbons (Fsp3) is 0.